The first-order valence-corrected chi connectivity index (χ1v) is 9.92. The molecule has 0 fully saturated rings. The lowest BCUT2D eigenvalue weighted by Gasteiger charge is -2.16. The minimum absolute atomic E-state index is 0.116. The molecule has 0 radical (unpaired) electrons. The first kappa shape index (κ1) is 21.8. The van der Waals surface area contributed by atoms with Crippen LogP contribution in [-0.4, -0.2) is 10.2 Å². The molecule has 0 aromatic heterocycles. The summed E-state index contributed by atoms with van der Waals surface area (Å²) < 4.78 is 11.9. The van der Waals surface area contributed by atoms with Crippen molar-refractivity contribution in [2.24, 2.45) is 0 Å². The van der Waals surface area contributed by atoms with Crippen molar-refractivity contribution in [1.29, 1.82) is 0 Å². The predicted octanol–water partition coefficient (Wildman–Crippen LogP) is 4.94. The van der Waals surface area contributed by atoms with Crippen molar-refractivity contribution in [3.8, 4) is 71.5 Å². The van der Waals surface area contributed by atoms with E-state index in [0.717, 1.165) is 0 Å². The second-order valence-corrected chi connectivity index (χ2v) is 7.24. The minimum atomic E-state index is -0.122. The van der Waals surface area contributed by atoms with Crippen LogP contribution in [0.1, 0.15) is 16.7 Å². The number of hydrogen-bond acceptors (Lipinski definition) is 6. The Morgan fingerprint density at radius 3 is 1.65 bits per heavy atom. The predicted molar refractivity (Wildman–Crippen MR) is 133 cm³/mol. The summed E-state index contributed by atoms with van der Waals surface area (Å²) in [6.45, 7) is 0. The summed E-state index contributed by atoms with van der Waals surface area (Å²) in [6, 6.07) is 14.1. The molecule has 6 N–H and O–H groups in total. The standard InChI is InChI=1S/C28H18N2O4/c1-4-19-20(5-2)28-16(13-27(19)34-18-9-11-23(30)25(32)15-18)7-12-26(21(28)6-3)33-17-8-10-22(29)24(31)14-17/h1-3,7-15,31-32H,29-30H2. The highest BCUT2D eigenvalue weighted by molar-refractivity contribution is 5.98. The van der Waals surface area contributed by atoms with Gasteiger partial charge in [0.2, 0.25) is 0 Å². The van der Waals surface area contributed by atoms with Gasteiger partial charge in [-0.1, -0.05) is 23.8 Å². The Labute approximate surface area is 196 Å². The molecule has 6 heteroatoms. The fourth-order valence-corrected chi connectivity index (χ4v) is 3.48. The van der Waals surface area contributed by atoms with Gasteiger partial charge in [-0.05, 0) is 41.8 Å². The van der Waals surface area contributed by atoms with Crippen molar-refractivity contribution in [1.82, 2.24) is 0 Å². The molecule has 0 saturated carbocycles. The van der Waals surface area contributed by atoms with E-state index in [2.05, 4.69) is 17.8 Å². The number of aromatic hydroxyl groups is 2. The summed E-state index contributed by atoms with van der Waals surface area (Å²) in [6.07, 6.45) is 17.5. The second kappa shape index (κ2) is 8.63. The average Bonchev–Trinajstić information content (AvgIpc) is 2.82. The van der Waals surface area contributed by atoms with Crippen molar-refractivity contribution >= 4 is 22.1 Å². The molecular formula is C28H18N2O4. The van der Waals surface area contributed by atoms with Gasteiger partial charge in [-0.3, -0.25) is 0 Å². The fourth-order valence-electron chi connectivity index (χ4n) is 3.48. The maximum absolute atomic E-state index is 9.89. The number of fused-ring (bicyclic) bond motifs is 1. The number of phenols is 2. The van der Waals surface area contributed by atoms with Crippen LogP contribution < -0.4 is 20.9 Å². The van der Waals surface area contributed by atoms with Gasteiger partial charge >= 0.3 is 0 Å². The van der Waals surface area contributed by atoms with Crippen LogP contribution in [0, 0.1) is 37.0 Å². The summed E-state index contributed by atoms with van der Waals surface area (Å²) in [4.78, 5) is 0. The molecule has 0 atom stereocenters. The monoisotopic (exact) mass is 446 g/mol. The van der Waals surface area contributed by atoms with Gasteiger partial charge in [-0.25, -0.2) is 0 Å². The van der Waals surface area contributed by atoms with Gasteiger partial charge < -0.3 is 31.2 Å². The summed E-state index contributed by atoms with van der Waals surface area (Å²) in [5, 5.41) is 21.0. The molecule has 0 heterocycles. The van der Waals surface area contributed by atoms with Crippen molar-refractivity contribution in [3.63, 3.8) is 0 Å². The quantitative estimate of drug-likeness (QED) is 0.201. The number of terminal acetylenes is 3. The van der Waals surface area contributed by atoms with E-state index in [4.69, 9.17) is 40.2 Å². The molecular weight excluding hydrogens is 428 g/mol. The van der Waals surface area contributed by atoms with Crippen LogP contribution in [0.4, 0.5) is 11.4 Å². The number of benzene rings is 4. The molecule has 4 aromatic carbocycles. The van der Waals surface area contributed by atoms with Gasteiger partial charge in [0.05, 0.1) is 28.1 Å². The molecule has 34 heavy (non-hydrogen) atoms. The Morgan fingerprint density at radius 1 is 0.618 bits per heavy atom. The van der Waals surface area contributed by atoms with E-state index in [9.17, 15) is 10.2 Å². The molecule has 0 unspecified atom stereocenters. The SMILES string of the molecule is C#Cc1c(Oc2ccc(N)c(O)c2)cc2ccc(Oc3ccc(N)c(O)c3)c(C#C)c2c1C#C. The topological polar surface area (TPSA) is 111 Å². The van der Waals surface area contributed by atoms with Gasteiger partial charge in [0.1, 0.15) is 34.5 Å². The Hall–Kier alpha value is -5.38. The number of anilines is 2. The van der Waals surface area contributed by atoms with Crippen molar-refractivity contribution in [2.45, 2.75) is 0 Å². The van der Waals surface area contributed by atoms with E-state index in [-0.39, 0.29) is 22.9 Å². The van der Waals surface area contributed by atoms with Crippen LogP contribution >= 0.6 is 0 Å². The van der Waals surface area contributed by atoms with Crippen molar-refractivity contribution in [2.75, 3.05) is 11.5 Å². The summed E-state index contributed by atoms with van der Waals surface area (Å²) >= 11 is 0. The van der Waals surface area contributed by atoms with Crippen LogP contribution in [0.3, 0.4) is 0 Å². The highest BCUT2D eigenvalue weighted by atomic mass is 16.5. The molecule has 0 spiro atoms. The number of rotatable bonds is 4. The highest BCUT2D eigenvalue weighted by Gasteiger charge is 2.18. The summed E-state index contributed by atoms with van der Waals surface area (Å²) in [5.41, 5.74) is 12.8. The van der Waals surface area contributed by atoms with Crippen LogP contribution in [-0.2, 0) is 0 Å². The Bertz CT molecular complexity index is 1580. The molecule has 0 aliphatic carbocycles. The third-order valence-corrected chi connectivity index (χ3v) is 5.12. The maximum atomic E-state index is 9.89. The lowest BCUT2D eigenvalue weighted by Crippen LogP contribution is -1.98. The molecule has 0 aliphatic rings. The van der Waals surface area contributed by atoms with E-state index in [0.29, 0.717) is 50.5 Å². The highest BCUT2D eigenvalue weighted by Crippen LogP contribution is 2.40. The fraction of sp³-hybridized carbons (Fsp3) is 0. The van der Waals surface area contributed by atoms with Gasteiger partial charge in [0.15, 0.2) is 0 Å². The van der Waals surface area contributed by atoms with Crippen molar-refractivity contribution < 1.29 is 19.7 Å². The van der Waals surface area contributed by atoms with Crippen LogP contribution in [0.25, 0.3) is 10.8 Å². The number of phenolic OH excluding ortho intramolecular Hbond substituents is 2. The first-order valence-electron chi connectivity index (χ1n) is 9.92. The third kappa shape index (κ3) is 3.82. The summed E-state index contributed by atoms with van der Waals surface area (Å²) in [7, 11) is 0. The molecule has 6 nitrogen and oxygen atoms in total. The molecule has 0 bridgehead atoms. The average molecular weight is 446 g/mol. The normalized spacial score (nSPS) is 10.1. The summed E-state index contributed by atoms with van der Waals surface area (Å²) in [5.74, 6) is 8.91. The zero-order valence-corrected chi connectivity index (χ0v) is 17.8. The lowest BCUT2D eigenvalue weighted by atomic mass is 9.94. The maximum Gasteiger partial charge on any atom is 0.144 e. The zero-order valence-electron chi connectivity index (χ0n) is 17.8. The van der Waals surface area contributed by atoms with E-state index in [1.165, 1.54) is 24.3 Å². The Balaban J connectivity index is 1.88. The van der Waals surface area contributed by atoms with Gasteiger partial charge in [-0.2, -0.15) is 0 Å². The van der Waals surface area contributed by atoms with Gasteiger partial charge in [0.25, 0.3) is 0 Å². The van der Waals surface area contributed by atoms with Gasteiger partial charge in [-0.15, -0.1) is 19.3 Å². The van der Waals surface area contributed by atoms with Crippen molar-refractivity contribution in [3.05, 3.63) is 71.3 Å². The molecule has 0 aliphatic heterocycles. The van der Waals surface area contributed by atoms with E-state index < -0.39 is 0 Å². The number of nitrogen functional groups attached to an aromatic ring is 2. The van der Waals surface area contributed by atoms with E-state index in [1.54, 1.807) is 30.3 Å². The van der Waals surface area contributed by atoms with Crippen LogP contribution in [0.15, 0.2) is 54.6 Å². The minimum Gasteiger partial charge on any atom is -0.506 e. The number of hydrogen-bond donors (Lipinski definition) is 4. The van der Waals surface area contributed by atoms with Crippen LogP contribution in [0.5, 0.6) is 34.5 Å². The molecule has 0 amide bonds. The van der Waals surface area contributed by atoms with E-state index >= 15 is 0 Å². The molecule has 4 rings (SSSR count). The molecule has 0 saturated heterocycles. The number of nitrogens with two attached hydrogens (primary N) is 2. The molecule has 4 aromatic rings. The smallest absolute Gasteiger partial charge is 0.144 e. The van der Waals surface area contributed by atoms with Gasteiger partial charge in [0, 0.05) is 17.5 Å². The number of ether oxygens (including phenoxy) is 2. The zero-order chi connectivity index (χ0) is 24.4. The molecule has 164 valence electrons. The second-order valence-electron chi connectivity index (χ2n) is 7.24. The van der Waals surface area contributed by atoms with Crippen LogP contribution in [0.2, 0.25) is 0 Å². The lowest BCUT2D eigenvalue weighted by molar-refractivity contribution is 0.455. The van der Waals surface area contributed by atoms with E-state index in [1.807, 2.05) is 0 Å². The Kier molecular flexibility index (Phi) is 5.54. The first-order chi connectivity index (χ1) is 16.4. The third-order valence-electron chi connectivity index (χ3n) is 5.12. The Morgan fingerprint density at radius 2 is 1.15 bits per heavy atom. The largest absolute Gasteiger partial charge is 0.506 e.